The molecule has 2 aromatic rings. The Morgan fingerprint density at radius 2 is 1.76 bits per heavy atom. The van der Waals surface area contributed by atoms with Gasteiger partial charge in [0.2, 0.25) is 0 Å². The van der Waals surface area contributed by atoms with Gasteiger partial charge in [0.25, 0.3) is 0 Å². The molecule has 1 aromatic heterocycles. The van der Waals surface area contributed by atoms with Crippen molar-refractivity contribution in [2.75, 3.05) is 6.54 Å². The predicted molar refractivity (Wildman–Crippen MR) is 90.7 cm³/mol. The molecular weight excluding hydrogens is 256 g/mol. The Balaban J connectivity index is 2.12. The first-order chi connectivity index (χ1) is 9.97. The lowest BCUT2D eigenvalue weighted by atomic mass is 10.00. The summed E-state index contributed by atoms with van der Waals surface area (Å²) >= 11 is 0. The summed E-state index contributed by atoms with van der Waals surface area (Å²) in [6, 6.07) is 8.92. The minimum Gasteiger partial charge on any atom is -0.346 e. The molecule has 2 nitrogen and oxygen atoms in total. The van der Waals surface area contributed by atoms with Crippen molar-refractivity contribution in [2.24, 2.45) is 5.92 Å². The standard InChI is InChI=1S/C19H28N2/c1-14(2)11-20-12-18-7-6-8-21(18)13-19-16(4)9-15(3)10-17(19)5/h6-10,14,20H,11-13H2,1-5H3. The Labute approximate surface area is 129 Å². The number of benzene rings is 1. The fourth-order valence-electron chi connectivity index (χ4n) is 2.88. The zero-order valence-corrected chi connectivity index (χ0v) is 14.0. The summed E-state index contributed by atoms with van der Waals surface area (Å²) in [7, 11) is 0. The van der Waals surface area contributed by atoms with Gasteiger partial charge in [0.15, 0.2) is 0 Å². The van der Waals surface area contributed by atoms with E-state index < -0.39 is 0 Å². The molecule has 0 spiro atoms. The molecule has 2 rings (SSSR count). The molecule has 0 radical (unpaired) electrons. The number of aryl methyl sites for hydroxylation is 3. The van der Waals surface area contributed by atoms with Crippen LogP contribution in [0.1, 0.15) is 41.8 Å². The molecule has 0 aliphatic carbocycles. The third kappa shape index (κ3) is 4.21. The largest absolute Gasteiger partial charge is 0.346 e. The van der Waals surface area contributed by atoms with Gasteiger partial charge in [-0.3, -0.25) is 0 Å². The molecular formula is C19H28N2. The van der Waals surface area contributed by atoms with Crippen LogP contribution in [0.2, 0.25) is 0 Å². The lowest BCUT2D eigenvalue weighted by Gasteiger charge is -2.15. The summed E-state index contributed by atoms with van der Waals surface area (Å²) in [5.74, 6) is 0.690. The highest BCUT2D eigenvalue weighted by Gasteiger charge is 2.07. The molecule has 0 aliphatic heterocycles. The van der Waals surface area contributed by atoms with Crippen LogP contribution in [0.4, 0.5) is 0 Å². The van der Waals surface area contributed by atoms with Crippen LogP contribution in [0.15, 0.2) is 30.5 Å². The topological polar surface area (TPSA) is 17.0 Å². The first kappa shape index (κ1) is 15.8. The summed E-state index contributed by atoms with van der Waals surface area (Å²) < 4.78 is 2.36. The highest BCUT2D eigenvalue weighted by molar-refractivity contribution is 5.37. The fourth-order valence-corrected chi connectivity index (χ4v) is 2.88. The highest BCUT2D eigenvalue weighted by Crippen LogP contribution is 2.18. The van der Waals surface area contributed by atoms with Crippen LogP contribution in [0.5, 0.6) is 0 Å². The van der Waals surface area contributed by atoms with Crippen LogP contribution in [-0.4, -0.2) is 11.1 Å². The smallest absolute Gasteiger partial charge is 0.0478 e. The number of hydrogen-bond acceptors (Lipinski definition) is 1. The second-order valence-electron chi connectivity index (χ2n) is 6.53. The molecule has 0 fully saturated rings. The summed E-state index contributed by atoms with van der Waals surface area (Å²) in [4.78, 5) is 0. The van der Waals surface area contributed by atoms with Crippen molar-refractivity contribution in [1.29, 1.82) is 0 Å². The van der Waals surface area contributed by atoms with Gasteiger partial charge in [-0.1, -0.05) is 31.5 Å². The third-order valence-corrected chi connectivity index (χ3v) is 3.95. The predicted octanol–water partition coefficient (Wildman–Crippen LogP) is 4.21. The summed E-state index contributed by atoms with van der Waals surface area (Å²) in [5, 5.41) is 3.53. The zero-order chi connectivity index (χ0) is 15.4. The molecule has 21 heavy (non-hydrogen) atoms. The van der Waals surface area contributed by atoms with Crippen LogP contribution in [0, 0.1) is 26.7 Å². The van der Waals surface area contributed by atoms with Gasteiger partial charge in [-0.2, -0.15) is 0 Å². The van der Waals surface area contributed by atoms with E-state index in [1.165, 1.54) is 27.9 Å². The van der Waals surface area contributed by atoms with Crippen molar-refractivity contribution in [3.8, 4) is 0 Å². The van der Waals surface area contributed by atoms with Crippen molar-refractivity contribution < 1.29 is 0 Å². The van der Waals surface area contributed by atoms with Crippen molar-refractivity contribution in [1.82, 2.24) is 9.88 Å². The Kier molecular flexibility index (Phi) is 5.24. The molecule has 0 bridgehead atoms. The fraction of sp³-hybridized carbons (Fsp3) is 0.474. The van der Waals surface area contributed by atoms with E-state index in [-0.39, 0.29) is 0 Å². The number of aromatic nitrogens is 1. The first-order valence-electron chi connectivity index (χ1n) is 7.89. The van der Waals surface area contributed by atoms with Gasteiger partial charge < -0.3 is 9.88 Å². The second-order valence-corrected chi connectivity index (χ2v) is 6.53. The van der Waals surface area contributed by atoms with Crippen molar-refractivity contribution in [3.05, 3.63) is 58.4 Å². The van der Waals surface area contributed by atoms with Crippen LogP contribution < -0.4 is 5.32 Å². The van der Waals surface area contributed by atoms with Crippen molar-refractivity contribution in [2.45, 2.75) is 47.7 Å². The number of nitrogens with zero attached hydrogens (tertiary/aromatic N) is 1. The van der Waals surface area contributed by atoms with E-state index in [2.05, 4.69) is 75.0 Å². The van der Waals surface area contributed by atoms with E-state index in [0.717, 1.165) is 19.6 Å². The van der Waals surface area contributed by atoms with Gasteiger partial charge in [-0.25, -0.2) is 0 Å². The highest BCUT2D eigenvalue weighted by atomic mass is 15.0. The molecule has 1 N–H and O–H groups in total. The molecule has 2 heteroatoms. The van der Waals surface area contributed by atoms with E-state index in [0.29, 0.717) is 5.92 Å². The molecule has 0 saturated carbocycles. The zero-order valence-electron chi connectivity index (χ0n) is 14.0. The van der Waals surface area contributed by atoms with Gasteiger partial charge in [-0.05, 0) is 62.1 Å². The van der Waals surface area contributed by atoms with E-state index in [1.54, 1.807) is 0 Å². The second kappa shape index (κ2) is 6.95. The quantitative estimate of drug-likeness (QED) is 0.841. The lowest BCUT2D eigenvalue weighted by molar-refractivity contribution is 0.539. The normalized spacial score (nSPS) is 11.3. The van der Waals surface area contributed by atoms with Crippen molar-refractivity contribution >= 4 is 0 Å². The third-order valence-electron chi connectivity index (χ3n) is 3.95. The minimum absolute atomic E-state index is 0.690. The van der Waals surface area contributed by atoms with Gasteiger partial charge in [-0.15, -0.1) is 0 Å². The van der Waals surface area contributed by atoms with E-state index in [1.807, 2.05) is 0 Å². The van der Waals surface area contributed by atoms with Crippen molar-refractivity contribution in [3.63, 3.8) is 0 Å². The van der Waals surface area contributed by atoms with Crippen LogP contribution in [0.25, 0.3) is 0 Å². The Hall–Kier alpha value is -1.54. The van der Waals surface area contributed by atoms with E-state index in [9.17, 15) is 0 Å². The average molecular weight is 284 g/mol. The van der Waals surface area contributed by atoms with Gasteiger partial charge in [0.05, 0.1) is 0 Å². The Morgan fingerprint density at radius 3 is 2.38 bits per heavy atom. The van der Waals surface area contributed by atoms with Gasteiger partial charge >= 0.3 is 0 Å². The molecule has 0 unspecified atom stereocenters. The maximum absolute atomic E-state index is 3.53. The molecule has 1 aromatic carbocycles. The number of rotatable bonds is 6. The average Bonchev–Trinajstić information content (AvgIpc) is 2.80. The Morgan fingerprint density at radius 1 is 1.10 bits per heavy atom. The maximum Gasteiger partial charge on any atom is 0.0478 e. The molecule has 1 heterocycles. The summed E-state index contributed by atoms with van der Waals surface area (Å²) in [5.41, 5.74) is 6.93. The summed E-state index contributed by atoms with van der Waals surface area (Å²) in [6.07, 6.45) is 2.19. The lowest BCUT2D eigenvalue weighted by Crippen LogP contribution is -2.21. The summed E-state index contributed by atoms with van der Waals surface area (Å²) in [6.45, 7) is 14.1. The van der Waals surface area contributed by atoms with E-state index in [4.69, 9.17) is 0 Å². The van der Waals surface area contributed by atoms with Crippen LogP contribution in [0.3, 0.4) is 0 Å². The molecule has 0 amide bonds. The minimum atomic E-state index is 0.690. The molecule has 114 valence electrons. The number of nitrogens with one attached hydrogen (secondary N) is 1. The van der Waals surface area contributed by atoms with E-state index >= 15 is 0 Å². The SMILES string of the molecule is Cc1cc(C)c(Cn2cccc2CNCC(C)C)c(C)c1. The van der Waals surface area contributed by atoms with Crippen LogP contribution >= 0.6 is 0 Å². The first-order valence-corrected chi connectivity index (χ1v) is 7.89. The molecule has 0 saturated heterocycles. The van der Waals surface area contributed by atoms with Gasteiger partial charge in [0.1, 0.15) is 0 Å². The molecule has 0 atom stereocenters. The Bertz CT molecular complexity index is 570. The number of hydrogen-bond donors (Lipinski definition) is 1. The monoisotopic (exact) mass is 284 g/mol. The molecule has 0 aliphatic rings. The van der Waals surface area contributed by atoms with Crippen LogP contribution in [-0.2, 0) is 13.1 Å². The maximum atomic E-state index is 3.53. The van der Waals surface area contributed by atoms with Gasteiger partial charge in [0, 0.05) is 25.0 Å².